The first-order chi connectivity index (χ1) is 25.8. The molecule has 0 radical (unpaired) electrons. The van der Waals surface area contributed by atoms with Crippen LogP contribution in [0.5, 0.6) is 0 Å². The van der Waals surface area contributed by atoms with E-state index in [4.69, 9.17) is 29.2 Å². The van der Waals surface area contributed by atoms with Gasteiger partial charge in [0.25, 0.3) is 0 Å². The van der Waals surface area contributed by atoms with Crippen LogP contribution in [0.3, 0.4) is 0 Å². The van der Waals surface area contributed by atoms with E-state index < -0.39 is 0 Å². The van der Waals surface area contributed by atoms with Crippen LogP contribution >= 0.6 is 0 Å². The van der Waals surface area contributed by atoms with Crippen molar-refractivity contribution < 1.29 is 28.8 Å². The molecule has 0 unspecified atom stereocenters. The van der Waals surface area contributed by atoms with Gasteiger partial charge in [-0.3, -0.25) is 0 Å². The van der Waals surface area contributed by atoms with Gasteiger partial charge in [0.05, 0.1) is 22.8 Å². The Morgan fingerprint density at radius 3 is 0.736 bits per heavy atom. The second kappa shape index (κ2) is 16.7. The van der Waals surface area contributed by atoms with E-state index in [-0.39, 0.29) is 19.5 Å². The number of nitrogens with zero attached hydrogens (tertiary/aromatic N) is 4. The van der Waals surface area contributed by atoms with Gasteiger partial charge < -0.3 is 9.97 Å². The van der Waals surface area contributed by atoms with E-state index in [9.17, 15) is 0 Å². The summed E-state index contributed by atoms with van der Waals surface area (Å²) in [7, 11) is 0. The monoisotopic (exact) mass is 770 g/mol. The Hall–Kier alpha value is -6.42. The van der Waals surface area contributed by atoms with Crippen molar-refractivity contribution >= 4 is 46.4 Å². The molecular weight excluding hydrogens is 742 g/mol. The maximum absolute atomic E-state index is 7.50. The average molecular weight is 770 g/mol. The molecule has 8 bridgehead atoms. The Bertz CT molecular complexity index is 2290. The fourth-order valence-corrected chi connectivity index (χ4v) is 6.69. The zero-order chi connectivity index (χ0) is 35.9. The molecule has 3 aromatic heterocycles. The summed E-state index contributed by atoms with van der Waals surface area (Å²) >= 11 is 0. The van der Waals surface area contributed by atoms with Crippen LogP contribution in [0.25, 0.3) is 90.9 Å². The van der Waals surface area contributed by atoms with Gasteiger partial charge in [-0.1, -0.05) is 146 Å². The maximum atomic E-state index is 7.50. The minimum absolute atomic E-state index is 0. The van der Waals surface area contributed by atoms with E-state index in [0.717, 1.165) is 89.4 Å². The fourth-order valence-electron chi connectivity index (χ4n) is 6.69. The van der Waals surface area contributed by atoms with Crippen molar-refractivity contribution in [3.8, 4) is 44.5 Å². The summed E-state index contributed by atoms with van der Waals surface area (Å²) in [6, 6.07) is 50.0. The van der Waals surface area contributed by atoms with Gasteiger partial charge in [0.1, 0.15) is 0 Å². The third-order valence-electron chi connectivity index (χ3n) is 8.86. The molecule has 0 aliphatic carbocycles. The third kappa shape index (κ3) is 7.21. The van der Waals surface area contributed by atoms with Crippen molar-refractivity contribution in [2.24, 2.45) is 0 Å². The molecule has 0 saturated carbocycles. The number of benzene rings is 4. The Kier molecular flexibility index (Phi) is 11.5. The topological polar surface area (TPSA) is 93.8 Å². The van der Waals surface area contributed by atoms with Crippen LogP contribution in [-0.4, -0.2) is 9.97 Å². The molecule has 0 fully saturated rings. The number of hydrogen-bond donors (Lipinski definition) is 0. The van der Waals surface area contributed by atoms with Gasteiger partial charge in [-0.2, -0.15) is 0 Å². The molecule has 9 rings (SSSR count). The zero-order valence-corrected chi connectivity index (χ0v) is 29.9. The van der Waals surface area contributed by atoms with Crippen LogP contribution in [0.15, 0.2) is 146 Å². The van der Waals surface area contributed by atoms with Crippen LogP contribution in [-0.2, 0) is 28.8 Å². The minimum atomic E-state index is 0. The van der Waals surface area contributed by atoms with Crippen LogP contribution in [0, 0.1) is 13.3 Å². The van der Waals surface area contributed by atoms with E-state index in [0.29, 0.717) is 0 Å². The maximum Gasteiger partial charge on any atom is 2.00 e. The number of aromatic nitrogens is 4. The van der Waals surface area contributed by atoms with Crippen molar-refractivity contribution in [3.63, 3.8) is 0 Å². The Balaban J connectivity index is 0.000000931. The van der Waals surface area contributed by atoms with Gasteiger partial charge in [0, 0.05) is 0 Å². The molecule has 2 aliphatic rings. The van der Waals surface area contributed by atoms with Gasteiger partial charge in [0.2, 0.25) is 0 Å². The van der Waals surface area contributed by atoms with E-state index in [2.05, 4.69) is 159 Å². The van der Waals surface area contributed by atoms with Gasteiger partial charge in [-0.25, -0.2) is 9.97 Å². The van der Waals surface area contributed by atoms with Gasteiger partial charge in [-0.05, 0) is 68.8 Å². The summed E-state index contributed by atoms with van der Waals surface area (Å²) < 4.78 is 15.0. The summed E-state index contributed by atoms with van der Waals surface area (Å²) in [5, 5.41) is 0. The first-order valence-corrected chi connectivity index (χ1v) is 16.5. The molecule has 4 aromatic carbocycles. The standard InChI is InChI=1S/C44H28N4.2CO.Ru/c1-5-13-29(14-6-1)41-33-21-23-35(45-33)42(30-15-7-2-8-16-30)37-25-27-39(47-37)44(32-19-11-4-12-20-32)40-28-26-38(48-40)43(31-17-9-3-10-18-31)36-24-22-34(41)46-36;2*1-2;/h1-28H;;;/q-2;;;+2. The second-order valence-corrected chi connectivity index (χ2v) is 11.8. The normalized spacial score (nSPS) is 10.9. The number of fused-ring (bicyclic) bond motifs is 8. The molecule has 252 valence electrons. The molecule has 7 heteroatoms. The molecule has 53 heavy (non-hydrogen) atoms. The first kappa shape index (κ1) is 36.4. The average Bonchev–Trinajstić information content (AvgIpc) is 4.06. The fraction of sp³-hybridized carbons (Fsp3) is 0. The van der Waals surface area contributed by atoms with Gasteiger partial charge in [-0.15, -0.1) is 22.1 Å². The van der Waals surface area contributed by atoms with Crippen molar-refractivity contribution in [1.29, 1.82) is 0 Å². The molecule has 0 amide bonds. The molecule has 6 nitrogen and oxygen atoms in total. The van der Waals surface area contributed by atoms with Crippen molar-refractivity contribution in [1.82, 2.24) is 19.9 Å². The molecule has 0 atom stereocenters. The van der Waals surface area contributed by atoms with Gasteiger partial charge >= 0.3 is 42.1 Å². The van der Waals surface area contributed by atoms with Crippen molar-refractivity contribution in [2.45, 2.75) is 0 Å². The summed E-state index contributed by atoms with van der Waals surface area (Å²) in [5.41, 5.74) is 15.0. The Labute approximate surface area is 319 Å². The molecule has 0 N–H and O–H groups in total. The van der Waals surface area contributed by atoms with Crippen LogP contribution in [0.4, 0.5) is 0 Å². The van der Waals surface area contributed by atoms with Crippen molar-refractivity contribution in [3.05, 3.63) is 182 Å². The van der Waals surface area contributed by atoms with E-state index in [1.54, 1.807) is 0 Å². The van der Waals surface area contributed by atoms with Gasteiger partial charge in [0.15, 0.2) is 0 Å². The van der Waals surface area contributed by atoms with Crippen LogP contribution in [0.1, 0.15) is 22.8 Å². The molecule has 0 spiro atoms. The summed E-state index contributed by atoms with van der Waals surface area (Å²) in [6.45, 7) is 9.00. The summed E-state index contributed by atoms with van der Waals surface area (Å²) in [5.74, 6) is 0. The summed E-state index contributed by atoms with van der Waals surface area (Å²) in [4.78, 5) is 21.2. The minimum Gasteiger partial charge on any atom is 2.00 e. The van der Waals surface area contributed by atoms with Crippen LogP contribution in [0.2, 0.25) is 0 Å². The Morgan fingerprint density at radius 2 is 0.528 bits per heavy atom. The molecule has 0 saturated heterocycles. The predicted molar refractivity (Wildman–Crippen MR) is 206 cm³/mol. The third-order valence-corrected chi connectivity index (χ3v) is 8.86. The van der Waals surface area contributed by atoms with E-state index >= 15 is 0 Å². The SMILES string of the molecule is C1=Cc2nc1c(-c1ccccc1)c1ccc([n-]1)c(-c1ccccc1)c1nc(c(-c3ccccc3)c3ccc([n-]3)c2-c2ccccc2)C=C1.[C-]#[O+].[C-]#[O+].[Ru+2]. The van der Waals surface area contributed by atoms with E-state index in [1.807, 2.05) is 24.3 Å². The summed E-state index contributed by atoms with van der Waals surface area (Å²) in [6.07, 6.45) is 8.41. The molecule has 2 aliphatic heterocycles. The largest absolute Gasteiger partial charge is 2.00 e. The quantitative estimate of drug-likeness (QED) is 0.101. The van der Waals surface area contributed by atoms with E-state index in [1.165, 1.54) is 0 Å². The second-order valence-electron chi connectivity index (χ2n) is 11.8. The molecular formula is C46H28N4O2Ru. The predicted octanol–water partition coefficient (Wildman–Crippen LogP) is 10.5. The number of rotatable bonds is 4. The number of hydrogen-bond acceptors (Lipinski definition) is 2. The first-order valence-electron chi connectivity index (χ1n) is 16.5. The smallest absolute Gasteiger partial charge is 2.00 e. The van der Waals surface area contributed by atoms with Crippen LogP contribution < -0.4 is 9.97 Å². The zero-order valence-electron chi connectivity index (χ0n) is 28.1. The van der Waals surface area contributed by atoms with Crippen molar-refractivity contribution in [2.75, 3.05) is 0 Å². The Morgan fingerprint density at radius 1 is 0.321 bits per heavy atom. The molecule has 5 heterocycles. The molecule has 7 aromatic rings.